The molecule has 4 aromatic carbocycles. The van der Waals surface area contributed by atoms with Crippen LogP contribution in [0.2, 0.25) is 0 Å². The van der Waals surface area contributed by atoms with Crippen molar-refractivity contribution in [2.45, 2.75) is 85.1 Å². The van der Waals surface area contributed by atoms with Crippen LogP contribution >= 0.6 is 47.8 Å². The van der Waals surface area contributed by atoms with Gasteiger partial charge in [0, 0.05) is 26.6 Å². The molecule has 82 heavy (non-hydrogen) atoms. The molecule has 6 rings (SSSR count). The van der Waals surface area contributed by atoms with Crippen molar-refractivity contribution in [1.82, 2.24) is 10.6 Å². The second-order valence-corrected chi connectivity index (χ2v) is 19.4. The molecule has 31 heteroatoms. The van der Waals surface area contributed by atoms with E-state index in [1.165, 1.54) is 78.7 Å². The van der Waals surface area contributed by atoms with Crippen LogP contribution in [0.25, 0.3) is 0 Å². The summed E-state index contributed by atoms with van der Waals surface area (Å²) >= 11 is 9.65. The number of carboxylic acids is 1. The molecule has 17 nitrogen and oxygen atoms in total. The summed E-state index contributed by atoms with van der Waals surface area (Å²) in [5.74, 6) is -1.87. The van der Waals surface area contributed by atoms with E-state index < -0.39 is 80.2 Å². The van der Waals surface area contributed by atoms with E-state index in [-0.39, 0.29) is 78.1 Å². The number of methoxy groups -OCH3 is 5. The smallest absolute Gasteiger partial charge is 0.870 e. The largest absolute Gasteiger partial charge is 1.00 e. The summed E-state index contributed by atoms with van der Waals surface area (Å²) in [6, 6.07) is 18.8. The van der Waals surface area contributed by atoms with Gasteiger partial charge in [0.15, 0.2) is 0 Å². The van der Waals surface area contributed by atoms with E-state index >= 15 is 0 Å². The van der Waals surface area contributed by atoms with Crippen molar-refractivity contribution >= 4 is 84.1 Å². The maximum Gasteiger partial charge on any atom is 1.00 e. The third kappa shape index (κ3) is 31.0. The number of ether oxygens (including phenoxy) is 6. The van der Waals surface area contributed by atoms with Crippen LogP contribution < -0.4 is 70.3 Å². The van der Waals surface area contributed by atoms with Crippen LogP contribution in [0.5, 0.6) is 23.0 Å². The standard InChI is InChI=1S/C16H21BF3NO4.C10H9BrF3NO2.C9H9BrO3.C8H7BrO3.C4H8O.C2H4F3N.2CH4.Na.H2O/c1-14(2)15(3,4)25-17(24-14)10-6-7-11(12(8-10)23-5)13(22)21-9-16(18,19)20;1-17-8-4-6(11)2-3-7(8)9(16)15-5-10(12,13)14;1-12-8-5-6(10)3-4-7(8)9(11)13-2;1-12-7-4-5(9)2-3-6(7)8(10)11;1-2-4-5-3-1;3-2(4,5)1-6;;;;/h6-8H,9H2,1-5H3,(H,21,22);2-4H,5H2,1H3,(H,15,16);3-5H,1-2H3;2-4H,1H3,(H,10,11);1-4H2;1,6H2;2*1H4;;1H2/q;;;;;;;;+1;/p-1. The monoisotopic (exact) mass is 1390 g/mol. The summed E-state index contributed by atoms with van der Waals surface area (Å²) < 4.78 is 148. The fraction of sp³-hybridized carbons (Fsp3) is 0.451. The third-order valence-corrected chi connectivity index (χ3v) is 11.8. The number of nitrogens with one attached hydrogen (secondary N) is 2. The van der Waals surface area contributed by atoms with Crippen molar-refractivity contribution in [2.75, 3.05) is 68.4 Å². The van der Waals surface area contributed by atoms with Crippen LogP contribution in [0, 0.1) is 0 Å². The van der Waals surface area contributed by atoms with Crippen molar-refractivity contribution in [3.8, 4) is 23.0 Å². The minimum atomic E-state index is -4.48. The molecule has 0 bridgehead atoms. The molecule has 6 N–H and O–H groups in total. The van der Waals surface area contributed by atoms with Gasteiger partial charge in [-0.1, -0.05) is 68.7 Å². The molecule has 0 aliphatic carbocycles. The fourth-order valence-electron chi connectivity index (χ4n) is 5.72. The van der Waals surface area contributed by atoms with Gasteiger partial charge < -0.3 is 64.7 Å². The van der Waals surface area contributed by atoms with Gasteiger partial charge in [-0.3, -0.25) is 9.59 Å². The van der Waals surface area contributed by atoms with Crippen molar-refractivity contribution < 1.29 is 137 Å². The van der Waals surface area contributed by atoms with Gasteiger partial charge in [-0.2, -0.15) is 39.5 Å². The van der Waals surface area contributed by atoms with Gasteiger partial charge >= 0.3 is 67.1 Å². The number of rotatable bonds is 11. The second kappa shape index (κ2) is 39.3. The van der Waals surface area contributed by atoms with Crippen molar-refractivity contribution in [2.24, 2.45) is 5.73 Å². The number of carbonyl (C=O) groups is 4. The van der Waals surface area contributed by atoms with Crippen LogP contribution in [0.15, 0.2) is 86.2 Å². The van der Waals surface area contributed by atoms with Gasteiger partial charge in [0.1, 0.15) is 47.2 Å². The zero-order valence-electron chi connectivity index (χ0n) is 44.9. The summed E-state index contributed by atoms with van der Waals surface area (Å²) in [7, 11) is 6.30. The molecule has 0 aromatic heterocycles. The minimum absolute atomic E-state index is 0. The van der Waals surface area contributed by atoms with Gasteiger partial charge in [0.25, 0.3) is 11.8 Å². The second-order valence-electron chi connectivity index (χ2n) is 16.6. The summed E-state index contributed by atoms with van der Waals surface area (Å²) in [4.78, 5) is 45.2. The predicted molar refractivity (Wildman–Crippen MR) is 296 cm³/mol. The van der Waals surface area contributed by atoms with E-state index in [1.54, 1.807) is 47.8 Å². The molecule has 2 saturated heterocycles. The number of halogens is 12. The Balaban J connectivity index is -0.000000471. The van der Waals surface area contributed by atoms with Gasteiger partial charge in [0.2, 0.25) is 0 Å². The number of alkyl halides is 9. The number of carboxylic acid groups (broad SMARTS) is 1. The van der Waals surface area contributed by atoms with Crippen molar-refractivity contribution in [3.63, 3.8) is 0 Å². The van der Waals surface area contributed by atoms with Crippen LogP contribution in [-0.4, -0.2) is 140 Å². The van der Waals surface area contributed by atoms with E-state index in [1.807, 2.05) is 33.0 Å². The Bertz CT molecular complexity index is 2560. The Morgan fingerprint density at radius 1 is 0.585 bits per heavy atom. The number of esters is 1. The Morgan fingerprint density at radius 2 is 0.902 bits per heavy atom. The van der Waals surface area contributed by atoms with Crippen molar-refractivity contribution in [3.05, 3.63) is 108 Å². The van der Waals surface area contributed by atoms with E-state index in [0.29, 0.717) is 27.0 Å². The van der Waals surface area contributed by atoms with Crippen molar-refractivity contribution in [1.29, 1.82) is 0 Å². The Labute approximate surface area is 518 Å². The maximum atomic E-state index is 12.2. The zero-order valence-corrected chi connectivity index (χ0v) is 51.6. The number of carbonyl (C=O) groups excluding carboxylic acids is 3. The third-order valence-electron chi connectivity index (χ3n) is 10.3. The molecular weight excluding hydrogens is 1320 g/mol. The van der Waals surface area contributed by atoms with Gasteiger partial charge in [-0.15, -0.1) is 0 Å². The van der Waals surface area contributed by atoms with E-state index in [2.05, 4.69) is 58.3 Å². The minimum Gasteiger partial charge on any atom is -0.870 e. The average Bonchev–Trinajstić information content (AvgIpc) is 4.03. The number of aromatic carboxylic acids is 1. The van der Waals surface area contributed by atoms with Crippen LogP contribution in [0.4, 0.5) is 39.5 Å². The fourth-order valence-corrected chi connectivity index (χ4v) is 6.74. The first-order valence-electron chi connectivity index (χ1n) is 22.5. The van der Waals surface area contributed by atoms with Crippen LogP contribution in [0.3, 0.4) is 0 Å². The average molecular weight is 1390 g/mol. The number of nitrogens with two attached hydrogens (primary N) is 1. The molecule has 0 spiro atoms. The molecule has 0 atom stereocenters. The molecular formula is C51H67BBr3F9N3NaO14. The summed E-state index contributed by atoms with van der Waals surface area (Å²) in [6.07, 6.45) is -10.5. The number of benzene rings is 4. The number of hydrogen-bond acceptors (Lipinski definition) is 14. The number of hydrogen-bond donors (Lipinski definition) is 4. The van der Waals surface area contributed by atoms with E-state index in [9.17, 15) is 58.7 Å². The molecule has 2 aliphatic heterocycles. The molecule has 2 fully saturated rings. The summed E-state index contributed by atoms with van der Waals surface area (Å²) in [5, 5.41) is 12.3. The molecule has 458 valence electrons. The maximum absolute atomic E-state index is 12.2. The van der Waals surface area contributed by atoms with Gasteiger partial charge in [0.05, 0.1) is 64.4 Å². The molecule has 0 unspecified atom stereocenters. The molecule has 0 radical (unpaired) electrons. The molecule has 2 amide bonds. The van der Waals surface area contributed by atoms with Gasteiger partial charge in [-0.05, 0) is 113 Å². The Hall–Kier alpha value is -4.37. The van der Waals surface area contributed by atoms with Crippen LogP contribution in [-0.2, 0) is 18.8 Å². The summed E-state index contributed by atoms with van der Waals surface area (Å²) in [6.45, 7) is 5.62. The predicted octanol–water partition coefficient (Wildman–Crippen LogP) is 8.84. The van der Waals surface area contributed by atoms with Gasteiger partial charge in [-0.25, -0.2) is 9.59 Å². The normalized spacial score (nSPS) is 13.3. The first-order chi connectivity index (χ1) is 36.1. The molecule has 0 saturated carbocycles. The molecule has 4 aromatic rings. The SMILES string of the molecule is C.C.C1CCOC1.COC(=O)c1ccc(Br)cc1OC.COc1cc(B2OC(C)(C)C(C)(C)O2)ccc1C(=O)NCC(F)(F)F.COc1cc(Br)ccc1C(=O)NCC(F)(F)F.COc1cc(Br)ccc1C(=O)O.NCC(F)(F)F.[Na+].[OH-]. The first kappa shape index (κ1) is 84.1. The number of amides is 2. The molecule has 2 aliphatic rings. The Morgan fingerprint density at radius 3 is 1.21 bits per heavy atom. The van der Waals surface area contributed by atoms with E-state index in [0.717, 1.165) is 22.2 Å². The van der Waals surface area contributed by atoms with Crippen LogP contribution in [0.1, 0.15) is 96.8 Å². The first-order valence-corrected chi connectivity index (χ1v) is 24.9. The van der Waals surface area contributed by atoms with E-state index in [4.69, 9.17) is 38.1 Å². The zero-order chi connectivity index (χ0) is 59.8. The Kier molecular flexibility index (Phi) is 40.3. The quantitative estimate of drug-likeness (QED) is 0.0623. The molecule has 2 heterocycles. The topological polar surface area (TPSA) is 242 Å². The summed E-state index contributed by atoms with van der Waals surface area (Å²) in [5.41, 5.74) is 4.38.